The molecule has 0 bridgehead atoms. The van der Waals surface area contributed by atoms with Crippen LogP contribution in [0.4, 0.5) is 5.69 Å². The second kappa shape index (κ2) is 5.15. The van der Waals surface area contributed by atoms with E-state index in [0.717, 1.165) is 27.9 Å². The van der Waals surface area contributed by atoms with Crippen molar-refractivity contribution in [2.75, 3.05) is 25.2 Å². The summed E-state index contributed by atoms with van der Waals surface area (Å²) in [6.45, 7) is 3.10. The number of nitrogens with zero attached hydrogens (tertiary/aromatic N) is 2. The van der Waals surface area contributed by atoms with Crippen LogP contribution < -0.4 is 4.90 Å². The number of pyridine rings is 1. The van der Waals surface area contributed by atoms with Crippen molar-refractivity contribution in [1.82, 2.24) is 4.98 Å². The minimum Gasteiger partial charge on any atom is -0.344 e. The predicted molar refractivity (Wildman–Crippen MR) is 86.0 cm³/mol. The van der Waals surface area contributed by atoms with Crippen molar-refractivity contribution in [3.8, 4) is 11.1 Å². The fraction of sp³-hybridized carbons (Fsp3) is 0.333. The number of carbonyl (C=O) groups excluding carboxylic acids is 1. The third-order valence-corrected chi connectivity index (χ3v) is 4.59. The molecule has 0 atom stereocenters. The quantitative estimate of drug-likeness (QED) is 0.855. The van der Waals surface area contributed by atoms with Gasteiger partial charge in [0.15, 0.2) is 5.79 Å². The highest BCUT2D eigenvalue weighted by atomic mass is 16.7. The summed E-state index contributed by atoms with van der Waals surface area (Å²) in [5.41, 5.74) is 4.98. The molecule has 0 unspecified atom stereocenters. The first-order valence-electron chi connectivity index (χ1n) is 7.70. The van der Waals surface area contributed by atoms with Gasteiger partial charge < -0.3 is 14.4 Å². The molecule has 1 amide bonds. The van der Waals surface area contributed by atoms with Gasteiger partial charge in [0.1, 0.15) is 0 Å². The standard InChI is InChI=1S/C18H18N2O3/c1-18(22-5-6-23-18)15-8-14(10-19-11-15)12-3-4-16-13(7-12)9-17(21)20(16)2/h3-4,7-8,10-11H,5-6,9H2,1-2H3. The number of benzene rings is 1. The lowest BCUT2D eigenvalue weighted by Gasteiger charge is -2.22. The van der Waals surface area contributed by atoms with E-state index in [-0.39, 0.29) is 5.91 Å². The Kier molecular flexibility index (Phi) is 3.21. The number of hydrogen-bond donors (Lipinski definition) is 0. The number of ether oxygens (including phenoxy) is 2. The largest absolute Gasteiger partial charge is 0.344 e. The lowest BCUT2D eigenvalue weighted by atomic mass is 10.00. The molecule has 4 rings (SSSR count). The highest BCUT2D eigenvalue weighted by Gasteiger charge is 2.33. The van der Waals surface area contributed by atoms with Crippen LogP contribution in [0.5, 0.6) is 0 Å². The first kappa shape index (κ1) is 14.4. The highest BCUT2D eigenvalue weighted by Crippen LogP contribution is 2.35. The molecule has 0 radical (unpaired) electrons. The number of anilines is 1. The van der Waals surface area contributed by atoms with Gasteiger partial charge >= 0.3 is 0 Å². The van der Waals surface area contributed by atoms with Gasteiger partial charge in [0.25, 0.3) is 0 Å². The van der Waals surface area contributed by atoms with Gasteiger partial charge in [0.05, 0.1) is 19.6 Å². The minimum atomic E-state index is -0.726. The topological polar surface area (TPSA) is 51.7 Å². The molecule has 1 fully saturated rings. The Morgan fingerprint density at radius 3 is 2.70 bits per heavy atom. The maximum atomic E-state index is 11.8. The first-order valence-corrected chi connectivity index (χ1v) is 7.70. The molecule has 5 nitrogen and oxygen atoms in total. The Morgan fingerprint density at radius 2 is 1.91 bits per heavy atom. The van der Waals surface area contributed by atoms with Gasteiger partial charge in [0, 0.05) is 36.3 Å². The molecule has 0 spiro atoms. The van der Waals surface area contributed by atoms with E-state index >= 15 is 0 Å². The average Bonchev–Trinajstić information content (AvgIpc) is 3.13. The lowest BCUT2D eigenvalue weighted by molar-refractivity contribution is -0.149. The van der Waals surface area contributed by atoms with E-state index in [2.05, 4.69) is 11.1 Å². The molecular formula is C18H18N2O3. The Balaban J connectivity index is 1.72. The second-order valence-corrected chi connectivity index (χ2v) is 6.08. The lowest BCUT2D eigenvalue weighted by Crippen LogP contribution is -2.22. The van der Waals surface area contributed by atoms with E-state index in [1.165, 1.54) is 0 Å². The summed E-state index contributed by atoms with van der Waals surface area (Å²) < 4.78 is 11.4. The molecule has 5 heteroatoms. The van der Waals surface area contributed by atoms with E-state index in [0.29, 0.717) is 19.6 Å². The fourth-order valence-corrected chi connectivity index (χ4v) is 3.18. The summed E-state index contributed by atoms with van der Waals surface area (Å²) in [6, 6.07) is 8.12. The van der Waals surface area contributed by atoms with E-state index in [1.54, 1.807) is 11.1 Å². The van der Waals surface area contributed by atoms with Gasteiger partial charge in [-0.05, 0) is 36.2 Å². The molecule has 1 aromatic carbocycles. The van der Waals surface area contributed by atoms with E-state index in [4.69, 9.17) is 9.47 Å². The van der Waals surface area contributed by atoms with Crippen molar-refractivity contribution in [3.63, 3.8) is 0 Å². The molecule has 0 N–H and O–H groups in total. The Morgan fingerprint density at radius 1 is 1.13 bits per heavy atom. The highest BCUT2D eigenvalue weighted by molar-refractivity contribution is 6.01. The van der Waals surface area contributed by atoms with Gasteiger partial charge in [-0.3, -0.25) is 9.78 Å². The molecule has 23 heavy (non-hydrogen) atoms. The number of fused-ring (bicyclic) bond motifs is 1. The smallest absolute Gasteiger partial charge is 0.231 e. The van der Waals surface area contributed by atoms with Crippen molar-refractivity contribution < 1.29 is 14.3 Å². The predicted octanol–water partition coefficient (Wildman–Crippen LogP) is 2.49. The maximum Gasteiger partial charge on any atom is 0.231 e. The van der Waals surface area contributed by atoms with Crippen molar-refractivity contribution in [2.45, 2.75) is 19.1 Å². The van der Waals surface area contributed by atoms with Crippen LogP contribution in [0.25, 0.3) is 11.1 Å². The van der Waals surface area contributed by atoms with Crippen LogP contribution in [0.2, 0.25) is 0 Å². The van der Waals surface area contributed by atoms with Gasteiger partial charge in [-0.1, -0.05) is 6.07 Å². The second-order valence-electron chi connectivity index (χ2n) is 6.08. The Labute approximate surface area is 134 Å². The van der Waals surface area contributed by atoms with Crippen molar-refractivity contribution in [2.24, 2.45) is 0 Å². The van der Waals surface area contributed by atoms with Gasteiger partial charge in [-0.15, -0.1) is 0 Å². The molecule has 2 aliphatic heterocycles. The molecule has 118 valence electrons. The number of amides is 1. The summed E-state index contributed by atoms with van der Waals surface area (Å²) in [4.78, 5) is 17.9. The van der Waals surface area contributed by atoms with Crippen LogP contribution in [-0.2, 0) is 26.5 Å². The third-order valence-electron chi connectivity index (χ3n) is 4.59. The molecule has 2 aromatic rings. The molecule has 0 saturated carbocycles. The van der Waals surface area contributed by atoms with E-state index in [9.17, 15) is 4.79 Å². The van der Waals surface area contributed by atoms with Crippen LogP contribution in [0, 0.1) is 0 Å². The van der Waals surface area contributed by atoms with Crippen LogP contribution in [0.15, 0.2) is 36.7 Å². The zero-order chi connectivity index (χ0) is 16.0. The van der Waals surface area contributed by atoms with E-state index in [1.807, 2.05) is 38.4 Å². The molecular weight excluding hydrogens is 292 g/mol. The zero-order valence-corrected chi connectivity index (χ0v) is 13.2. The summed E-state index contributed by atoms with van der Waals surface area (Å²) >= 11 is 0. The number of hydrogen-bond acceptors (Lipinski definition) is 4. The Bertz CT molecular complexity index is 782. The minimum absolute atomic E-state index is 0.129. The number of carbonyl (C=O) groups is 1. The molecule has 0 aliphatic carbocycles. The summed E-state index contributed by atoms with van der Waals surface area (Å²) in [5, 5.41) is 0. The van der Waals surface area contributed by atoms with Gasteiger partial charge in [-0.2, -0.15) is 0 Å². The van der Waals surface area contributed by atoms with Crippen molar-refractivity contribution in [3.05, 3.63) is 47.8 Å². The first-order chi connectivity index (χ1) is 11.1. The summed E-state index contributed by atoms with van der Waals surface area (Å²) in [6.07, 6.45) is 4.06. The molecule has 2 aliphatic rings. The molecule has 3 heterocycles. The normalized spacial score (nSPS) is 19.2. The van der Waals surface area contributed by atoms with E-state index < -0.39 is 5.79 Å². The van der Waals surface area contributed by atoms with Crippen LogP contribution >= 0.6 is 0 Å². The number of aromatic nitrogens is 1. The SMILES string of the molecule is CN1C(=O)Cc2cc(-c3cncc(C4(C)OCCO4)c3)ccc21. The van der Waals surface area contributed by atoms with Crippen LogP contribution in [-0.4, -0.2) is 31.2 Å². The van der Waals surface area contributed by atoms with Crippen molar-refractivity contribution in [1.29, 1.82) is 0 Å². The van der Waals surface area contributed by atoms with Crippen molar-refractivity contribution >= 4 is 11.6 Å². The zero-order valence-electron chi connectivity index (χ0n) is 13.2. The summed E-state index contributed by atoms with van der Waals surface area (Å²) in [7, 11) is 1.81. The molecule has 1 aromatic heterocycles. The summed E-state index contributed by atoms with van der Waals surface area (Å²) in [5.74, 6) is -0.597. The van der Waals surface area contributed by atoms with Gasteiger partial charge in [-0.25, -0.2) is 0 Å². The average molecular weight is 310 g/mol. The van der Waals surface area contributed by atoms with Crippen LogP contribution in [0.3, 0.4) is 0 Å². The fourth-order valence-electron chi connectivity index (χ4n) is 3.18. The molecule has 1 saturated heterocycles. The monoisotopic (exact) mass is 310 g/mol. The maximum absolute atomic E-state index is 11.8. The third kappa shape index (κ3) is 2.33. The number of rotatable bonds is 2. The number of likely N-dealkylation sites (N-methyl/N-ethyl adjacent to an activating group) is 1. The van der Waals surface area contributed by atoms with Crippen LogP contribution in [0.1, 0.15) is 18.1 Å². The van der Waals surface area contributed by atoms with Gasteiger partial charge in [0.2, 0.25) is 5.91 Å². The Hall–Kier alpha value is -2.24.